The van der Waals surface area contributed by atoms with Gasteiger partial charge in [-0.1, -0.05) is 13.8 Å². The normalized spacial score (nSPS) is 21.6. The molecular formula is C7H13NO3. The largest absolute Gasteiger partial charge is 0.480 e. The van der Waals surface area contributed by atoms with E-state index in [9.17, 15) is 9.59 Å². The first-order valence-electron chi connectivity index (χ1n) is 3.72. The first-order valence-corrected chi connectivity index (χ1v) is 3.72. The molecular weight excluding hydrogens is 146 g/mol. The molecule has 4 heteroatoms. The van der Waals surface area contributed by atoms with Crippen LogP contribution in [0, 0.1) is 0 Å². The summed E-state index contributed by atoms with van der Waals surface area (Å²) in [5.41, 5.74) is 0. The van der Waals surface area contributed by atoms with Gasteiger partial charge in [-0.25, -0.2) is 4.79 Å². The molecule has 0 bridgehead atoms. The van der Waals surface area contributed by atoms with Gasteiger partial charge in [-0.15, -0.1) is 0 Å². The Kier molecular flexibility index (Phi) is 4.26. The molecule has 4 nitrogen and oxygen atoms in total. The van der Waals surface area contributed by atoms with Gasteiger partial charge in [0.1, 0.15) is 6.04 Å². The Labute approximate surface area is 65.6 Å². The van der Waals surface area contributed by atoms with Crippen molar-refractivity contribution in [1.29, 1.82) is 0 Å². The first kappa shape index (κ1) is 9.94. The average Bonchev–Trinajstić information content (AvgIpc) is 2.40. The highest BCUT2D eigenvalue weighted by atomic mass is 16.4. The van der Waals surface area contributed by atoms with E-state index in [1.54, 1.807) is 0 Å². The highest BCUT2D eigenvalue weighted by Gasteiger charge is 2.26. The monoisotopic (exact) mass is 159 g/mol. The van der Waals surface area contributed by atoms with Crippen molar-refractivity contribution in [2.45, 2.75) is 32.7 Å². The number of rotatable bonds is 1. The summed E-state index contributed by atoms with van der Waals surface area (Å²) in [5.74, 6) is -1.11. The van der Waals surface area contributed by atoms with E-state index in [1.807, 2.05) is 13.8 Å². The molecule has 1 saturated heterocycles. The van der Waals surface area contributed by atoms with Gasteiger partial charge in [0, 0.05) is 6.42 Å². The lowest BCUT2D eigenvalue weighted by atomic mass is 10.2. The van der Waals surface area contributed by atoms with Crippen molar-refractivity contribution in [1.82, 2.24) is 5.32 Å². The van der Waals surface area contributed by atoms with Crippen LogP contribution in [-0.2, 0) is 9.59 Å². The zero-order chi connectivity index (χ0) is 8.85. The highest BCUT2D eigenvalue weighted by Crippen LogP contribution is 2.05. The molecule has 0 radical (unpaired) electrons. The number of carboxylic acid groups (broad SMARTS) is 1. The van der Waals surface area contributed by atoms with Crippen molar-refractivity contribution in [2.24, 2.45) is 0 Å². The van der Waals surface area contributed by atoms with E-state index in [2.05, 4.69) is 5.32 Å². The number of hydrogen-bond donors (Lipinski definition) is 2. The quantitative estimate of drug-likeness (QED) is 0.581. The molecule has 64 valence electrons. The Hall–Kier alpha value is -1.06. The Balaban J connectivity index is 0.000000461. The van der Waals surface area contributed by atoms with Gasteiger partial charge in [0.15, 0.2) is 0 Å². The molecule has 1 atom stereocenters. The molecule has 0 aliphatic carbocycles. The molecule has 0 spiro atoms. The number of hydrogen-bond acceptors (Lipinski definition) is 2. The molecule has 11 heavy (non-hydrogen) atoms. The van der Waals surface area contributed by atoms with Crippen LogP contribution in [0.5, 0.6) is 0 Å². The third kappa shape index (κ3) is 3.02. The van der Waals surface area contributed by atoms with Gasteiger partial charge in [-0.2, -0.15) is 0 Å². The Bertz CT molecular complexity index is 156. The lowest BCUT2D eigenvalue weighted by molar-refractivity contribution is -0.140. The van der Waals surface area contributed by atoms with Crippen LogP contribution < -0.4 is 5.32 Å². The number of amides is 1. The zero-order valence-electron chi connectivity index (χ0n) is 6.76. The van der Waals surface area contributed by atoms with Crippen LogP contribution in [0.15, 0.2) is 0 Å². The molecule has 1 unspecified atom stereocenters. The summed E-state index contributed by atoms with van der Waals surface area (Å²) in [5, 5.41) is 10.6. The topological polar surface area (TPSA) is 66.4 Å². The zero-order valence-corrected chi connectivity index (χ0v) is 6.76. The minimum atomic E-state index is -0.944. The number of nitrogens with one attached hydrogen (secondary N) is 1. The molecule has 1 heterocycles. The molecule has 1 aliphatic rings. The molecule has 0 aromatic heterocycles. The summed E-state index contributed by atoms with van der Waals surface area (Å²) < 4.78 is 0. The molecule has 1 amide bonds. The smallest absolute Gasteiger partial charge is 0.326 e. The molecule has 0 aromatic carbocycles. The summed E-state index contributed by atoms with van der Waals surface area (Å²) in [4.78, 5) is 20.5. The second-order valence-corrected chi connectivity index (χ2v) is 2.00. The number of aliphatic carboxylic acids is 1. The van der Waals surface area contributed by atoms with Crippen molar-refractivity contribution < 1.29 is 14.7 Å². The van der Waals surface area contributed by atoms with Gasteiger partial charge in [-0.05, 0) is 6.42 Å². The van der Waals surface area contributed by atoms with Crippen LogP contribution in [-0.4, -0.2) is 23.0 Å². The molecule has 1 aliphatic heterocycles. The predicted octanol–water partition coefficient (Wildman–Crippen LogP) is 0.376. The molecule has 0 saturated carbocycles. The van der Waals surface area contributed by atoms with Gasteiger partial charge >= 0.3 is 5.97 Å². The predicted molar refractivity (Wildman–Crippen MR) is 40.1 cm³/mol. The molecule has 1 fully saturated rings. The van der Waals surface area contributed by atoms with Gasteiger partial charge in [0.2, 0.25) is 5.91 Å². The number of carbonyl (C=O) groups excluding carboxylic acids is 1. The summed E-state index contributed by atoms with van der Waals surface area (Å²) in [6.45, 7) is 4.00. The summed E-state index contributed by atoms with van der Waals surface area (Å²) in [6.07, 6.45) is 0.769. The van der Waals surface area contributed by atoms with E-state index >= 15 is 0 Å². The van der Waals surface area contributed by atoms with Crippen molar-refractivity contribution in [3.63, 3.8) is 0 Å². The van der Waals surface area contributed by atoms with Crippen molar-refractivity contribution in [3.8, 4) is 0 Å². The third-order valence-corrected chi connectivity index (χ3v) is 1.29. The van der Waals surface area contributed by atoms with Crippen LogP contribution in [0.3, 0.4) is 0 Å². The van der Waals surface area contributed by atoms with E-state index in [1.165, 1.54) is 0 Å². The van der Waals surface area contributed by atoms with Gasteiger partial charge in [0.25, 0.3) is 0 Å². The maximum absolute atomic E-state index is 10.4. The Morgan fingerprint density at radius 1 is 1.64 bits per heavy atom. The van der Waals surface area contributed by atoms with E-state index in [0.29, 0.717) is 12.8 Å². The third-order valence-electron chi connectivity index (χ3n) is 1.29. The van der Waals surface area contributed by atoms with Crippen LogP contribution >= 0.6 is 0 Å². The van der Waals surface area contributed by atoms with E-state index < -0.39 is 12.0 Å². The fourth-order valence-corrected chi connectivity index (χ4v) is 0.799. The van der Waals surface area contributed by atoms with E-state index in [0.717, 1.165) is 0 Å². The number of carbonyl (C=O) groups is 2. The lowest BCUT2D eigenvalue weighted by Gasteiger charge is -1.99. The van der Waals surface area contributed by atoms with Crippen molar-refractivity contribution in [3.05, 3.63) is 0 Å². The minimum Gasteiger partial charge on any atom is -0.480 e. The fourth-order valence-electron chi connectivity index (χ4n) is 0.799. The van der Waals surface area contributed by atoms with Crippen LogP contribution in [0.2, 0.25) is 0 Å². The van der Waals surface area contributed by atoms with Crippen LogP contribution in [0.25, 0.3) is 0 Å². The second kappa shape index (κ2) is 4.71. The minimum absolute atomic E-state index is 0.164. The van der Waals surface area contributed by atoms with Crippen LogP contribution in [0.4, 0.5) is 0 Å². The highest BCUT2D eigenvalue weighted by molar-refractivity contribution is 5.87. The van der Waals surface area contributed by atoms with Crippen molar-refractivity contribution >= 4 is 11.9 Å². The summed E-state index contributed by atoms with van der Waals surface area (Å²) >= 11 is 0. The van der Waals surface area contributed by atoms with Crippen LogP contribution in [0.1, 0.15) is 26.7 Å². The summed E-state index contributed by atoms with van der Waals surface area (Å²) in [7, 11) is 0. The van der Waals surface area contributed by atoms with E-state index in [4.69, 9.17) is 5.11 Å². The first-order chi connectivity index (χ1) is 5.20. The summed E-state index contributed by atoms with van der Waals surface area (Å²) in [6, 6.07) is -0.641. The van der Waals surface area contributed by atoms with Gasteiger partial charge in [-0.3, -0.25) is 4.79 Å². The molecule has 2 N–H and O–H groups in total. The van der Waals surface area contributed by atoms with Gasteiger partial charge in [0.05, 0.1) is 0 Å². The van der Waals surface area contributed by atoms with Gasteiger partial charge < -0.3 is 10.4 Å². The standard InChI is InChI=1S/C5H7NO3.C2H6/c7-4-2-1-3(6-4)5(8)9;1-2/h3H,1-2H2,(H,6,7)(H,8,9);1-2H3. The maximum atomic E-state index is 10.4. The Morgan fingerprint density at radius 2 is 2.18 bits per heavy atom. The average molecular weight is 159 g/mol. The lowest BCUT2D eigenvalue weighted by Crippen LogP contribution is -2.32. The second-order valence-electron chi connectivity index (χ2n) is 2.00. The van der Waals surface area contributed by atoms with Crippen molar-refractivity contribution in [2.75, 3.05) is 0 Å². The Morgan fingerprint density at radius 3 is 2.36 bits per heavy atom. The maximum Gasteiger partial charge on any atom is 0.326 e. The van der Waals surface area contributed by atoms with E-state index in [-0.39, 0.29) is 5.91 Å². The molecule has 0 aromatic rings. The molecule has 1 rings (SSSR count). The number of carboxylic acids is 1. The fraction of sp³-hybridized carbons (Fsp3) is 0.714. The SMILES string of the molecule is CC.O=C1CCC(C(=O)O)N1.